The summed E-state index contributed by atoms with van der Waals surface area (Å²) < 4.78 is 0. The summed E-state index contributed by atoms with van der Waals surface area (Å²) in [5.41, 5.74) is 1.37. The molecule has 1 saturated heterocycles. The lowest BCUT2D eigenvalue weighted by Crippen LogP contribution is -2.46. The van der Waals surface area contributed by atoms with Crippen molar-refractivity contribution >= 4 is 47.7 Å². The monoisotopic (exact) mass is 389 g/mol. The van der Waals surface area contributed by atoms with Crippen LogP contribution in [-0.2, 0) is 4.79 Å². The number of hydrogen-bond donors (Lipinski definition) is 2. The Labute approximate surface area is 159 Å². The average Bonchev–Trinajstić information content (AvgIpc) is 3.22. The largest absolute Gasteiger partial charge is 0.348 e. The Balaban J connectivity index is 0.00000156. The third kappa shape index (κ3) is 4.71. The maximum absolute atomic E-state index is 12.8. The minimum absolute atomic E-state index is 0. The van der Waals surface area contributed by atoms with Crippen molar-refractivity contribution in [2.75, 3.05) is 38.1 Å². The van der Waals surface area contributed by atoms with Crippen molar-refractivity contribution < 1.29 is 4.79 Å². The van der Waals surface area contributed by atoms with E-state index in [4.69, 9.17) is 0 Å². The second-order valence-corrected chi connectivity index (χ2v) is 5.89. The number of carbonyl (C=O) groups excluding carboxylic acids is 1. The Morgan fingerprint density at radius 2 is 2.12 bits per heavy atom. The molecule has 10 heteroatoms. The average molecular weight is 390 g/mol. The summed E-state index contributed by atoms with van der Waals surface area (Å²) in [5, 5.41) is 3.33. The van der Waals surface area contributed by atoms with Gasteiger partial charge in [-0.3, -0.25) is 4.79 Å². The molecule has 25 heavy (non-hydrogen) atoms. The molecular weight excluding hydrogens is 365 g/mol. The van der Waals surface area contributed by atoms with Crippen LogP contribution in [0.5, 0.6) is 0 Å². The van der Waals surface area contributed by atoms with Gasteiger partial charge in [-0.05, 0) is 19.4 Å². The highest BCUT2D eigenvalue weighted by molar-refractivity contribution is 5.87. The molecule has 0 bridgehead atoms. The lowest BCUT2D eigenvalue weighted by atomic mass is 10.2. The molecule has 1 fully saturated rings. The van der Waals surface area contributed by atoms with Crippen LogP contribution in [0.1, 0.15) is 19.8 Å². The predicted octanol–water partition coefficient (Wildman–Crippen LogP) is 1.23. The number of halogens is 2. The first kappa shape index (κ1) is 21.4. The van der Waals surface area contributed by atoms with E-state index in [0.717, 1.165) is 38.0 Å². The van der Waals surface area contributed by atoms with Crippen LogP contribution in [0.25, 0.3) is 11.2 Å². The maximum Gasteiger partial charge on any atom is 0.242 e. The highest BCUT2D eigenvalue weighted by Gasteiger charge is 2.27. The molecule has 0 saturated carbocycles. The van der Waals surface area contributed by atoms with E-state index in [1.54, 1.807) is 6.33 Å². The van der Waals surface area contributed by atoms with E-state index in [0.29, 0.717) is 24.1 Å². The topological polar surface area (TPSA) is 90.0 Å². The van der Waals surface area contributed by atoms with Gasteiger partial charge in [0.1, 0.15) is 11.8 Å². The molecule has 0 aliphatic carbocycles. The first-order chi connectivity index (χ1) is 11.2. The number of anilines is 1. The molecule has 3 rings (SSSR count). The number of imidazole rings is 1. The number of rotatable bonds is 6. The fourth-order valence-electron chi connectivity index (χ4n) is 3.07. The summed E-state index contributed by atoms with van der Waals surface area (Å²) in [7, 11) is 1.87. The molecule has 2 N–H and O–H groups in total. The van der Waals surface area contributed by atoms with E-state index < -0.39 is 0 Å². The first-order valence-electron chi connectivity index (χ1n) is 8.06. The van der Waals surface area contributed by atoms with E-state index in [2.05, 4.69) is 32.2 Å². The molecule has 2 aromatic heterocycles. The second-order valence-electron chi connectivity index (χ2n) is 5.89. The van der Waals surface area contributed by atoms with E-state index >= 15 is 0 Å². The van der Waals surface area contributed by atoms with Gasteiger partial charge in [-0.25, -0.2) is 15.0 Å². The zero-order valence-electron chi connectivity index (χ0n) is 14.4. The van der Waals surface area contributed by atoms with Gasteiger partial charge in [0.2, 0.25) is 5.91 Å². The fourth-order valence-corrected chi connectivity index (χ4v) is 3.07. The molecule has 1 amide bonds. The SMILES string of the molecule is CCCN(C(=O)CN(C)c1ncnc2nc[nH]c12)C1CCNC1.Cl.Cl. The van der Waals surface area contributed by atoms with Crippen LogP contribution in [0.3, 0.4) is 0 Å². The van der Waals surface area contributed by atoms with Gasteiger partial charge in [-0.15, -0.1) is 24.8 Å². The van der Waals surface area contributed by atoms with Crippen LogP contribution in [0.4, 0.5) is 5.82 Å². The fraction of sp³-hybridized carbons (Fsp3) is 0.600. The molecule has 8 nitrogen and oxygen atoms in total. The van der Waals surface area contributed by atoms with Gasteiger partial charge in [-0.2, -0.15) is 0 Å². The number of carbonyl (C=O) groups is 1. The quantitative estimate of drug-likeness (QED) is 0.771. The molecule has 0 spiro atoms. The van der Waals surface area contributed by atoms with Gasteiger partial charge in [0.15, 0.2) is 11.5 Å². The Morgan fingerprint density at radius 1 is 1.32 bits per heavy atom. The van der Waals surface area contributed by atoms with Gasteiger partial charge < -0.3 is 20.1 Å². The number of fused-ring (bicyclic) bond motifs is 1. The molecule has 3 heterocycles. The van der Waals surface area contributed by atoms with Crippen LogP contribution < -0.4 is 10.2 Å². The molecule has 2 aromatic rings. The van der Waals surface area contributed by atoms with Gasteiger partial charge >= 0.3 is 0 Å². The van der Waals surface area contributed by atoms with Gasteiger partial charge in [0.05, 0.1) is 12.9 Å². The predicted molar refractivity (Wildman–Crippen MR) is 103 cm³/mol. The number of H-pyrrole nitrogens is 1. The normalized spacial score (nSPS) is 16.2. The second kappa shape index (κ2) is 9.74. The molecule has 1 aliphatic heterocycles. The molecule has 140 valence electrons. The highest BCUT2D eigenvalue weighted by atomic mass is 35.5. The molecule has 1 atom stereocenters. The van der Waals surface area contributed by atoms with Crippen LogP contribution in [0.2, 0.25) is 0 Å². The summed E-state index contributed by atoms with van der Waals surface area (Å²) >= 11 is 0. The van der Waals surface area contributed by atoms with E-state index in [1.165, 1.54) is 6.33 Å². The third-order valence-electron chi connectivity index (χ3n) is 4.20. The van der Waals surface area contributed by atoms with Gasteiger partial charge in [0.25, 0.3) is 0 Å². The first-order valence-corrected chi connectivity index (χ1v) is 8.06. The number of amides is 1. The molecule has 0 radical (unpaired) electrons. The zero-order chi connectivity index (χ0) is 16.2. The minimum atomic E-state index is 0. The number of nitrogens with one attached hydrogen (secondary N) is 2. The Bertz CT molecular complexity index is 675. The minimum Gasteiger partial charge on any atom is -0.348 e. The van der Waals surface area contributed by atoms with Crippen molar-refractivity contribution in [1.82, 2.24) is 30.2 Å². The van der Waals surface area contributed by atoms with Gasteiger partial charge in [0, 0.05) is 26.2 Å². The zero-order valence-corrected chi connectivity index (χ0v) is 16.1. The van der Waals surface area contributed by atoms with Crippen molar-refractivity contribution in [3.63, 3.8) is 0 Å². The van der Waals surface area contributed by atoms with Crippen LogP contribution >= 0.6 is 24.8 Å². The Morgan fingerprint density at radius 3 is 2.80 bits per heavy atom. The summed E-state index contributed by atoms with van der Waals surface area (Å²) in [6.45, 7) is 5.05. The smallest absolute Gasteiger partial charge is 0.242 e. The van der Waals surface area contributed by atoms with Crippen molar-refractivity contribution in [3.05, 3.63) is 12.7 Å². The highest BCUT2D eigenvalue weighted by Crippen LogP contribution is 2.19. The summed E-state index contributed by atoms with van der Waals surface area (Å²) in [6.07, 6.45) is 5.05. The Kier molecular flexibility index (Phi) is 8.34. The van der Waals surface area contributed by atoms with Gasteiger partial charge in [-0.1, -0.05) is 6.92 Å². The van der Waals surface area contributed by atoms with Crippen molar-refractivity contribution in [2.45, 2.75) is 25.8 Å². The third-order valence-corrected chi connectivity index (χ3v) is 4.20. The van der Waals surface area contributed by atoms with Crippen LogP contribution in [-0.4, -0.2) is 70.0 Å². The molecular formula is C15H25Cl2N7O. The van der Waals surface area contributed by atoms with E-state index in [9.17, 15) is 4.79 Å². The molecule has 0 aromatic carbocycles. The number of nitrogens with zero attached hydrogens (tertiary/aromatic N) is 5. The lowest BCUT2D eigenvalue weighted by Gasteiger charge is -2.30. The standard InChI is InChI=1S/C15H23N7O.2ClH/c1-3-6-22(11-4-5-16-7-11)12(23)8-21(2)15-13-14(18-9-17-13)19-10-20-15;;/h9-11,16H,3-8H2,1-2H3,(H,17,18,19,20);2*1H. The summed E-state index contributed by atoms with van der Waals surface area (Å²) in [6, 6.07) is 0.299. The number of hydrogen-bond acceptors (Lipinski definition) is 6. The van der Waals surface area contributed by atoms with Crippen molar-refractivity contribution in [3.8, 4) is 0 Å². The number of aromatic nitrogens is 4. The van der Waals surface area contributed by atoms with Crippen molar-refractivity contribution in [2.24, 2.45) is 0 Å². The molecule has 1 aliphatic rings. The van der Waals surface area contributed by atoms with Crippen LogP contribution in [0, 0.1) is 0 Å². The van der Waals surface area contributed by atoms with Crippen molar-refractivity contribution in [1.29, 1.82) is 0 Å². The van der Waals surface area contributed by atoms with Crippen LogP contribution in [0.15, 0.2) is 12.7 Å². The maximum atomic E-state index is 12.8. The lowest BCUT2D eigenvalue weighted by molar-refractivity contribution is -0.131. The van der Waals surface area contributed by atoms with E-state index in [-0.39, 0.29) is 30.7 Å². The molecule has 1 unspecified atom stereocenters. The summed E-state index contributed by atoms with van der Waals surface area (Å²) in [5.74, 6) is 0.830. The number of likely N-dealkylation sites (N-methyl/N-ethyl adjacent to an activating group) is 1. The van der Waals surface area contributed by atoms with E-state index in [1.807, 2.05) is 16.8 Å². The summed E-state index contributed by atoms with van der Waals surface area (Å²) in [4.78, 5) is 32.2. The number of aromatic amines is 1. The Hall–Kier alpha value is -1.64.